The van der Waals surface area contributed by atoms with E-state index in [2.05, 4.69) is 11.7 Å². The Balaban J connectivity index is 2.62. The molecule has 186 valence electrons. The van der Waals surface area contributed by atoms with Gasteiger partial charge in [-0.3, -0.25) is 19.2 Å². The minimum Gasteiger partial charge on any atom is -0.469 e. The third-order valence-corrected chi connectivity index (χ3v) is 6.39. The van der Waals surface area contributed by atoms with E-state index in [1.165, 1.54) is 19.3 Å². The van der Waals surface area contributed by atoms with Crippen molar-refractivity contribution in [3.05, 3.63) is 23.3 Å². The number of unbranched alkanes of at least 4 members (excludes halogenated alkanes) is 3. The van der Waals surface area contributed by atoms with Gasteiger partial charge < -0.3 is 9.47 Å². The van der Waals surface area contributed by atoms with Crippen LogP contribution in [0.25, 0.3) is 0 Å². The van der Waals surface area contributed by atoms with Crippen LogP contribution in [0.1, 0.15) is 98.8 Å². The van der Waals surface area contributed by atoms with Crippen molar-refractivity contribution in [2.75, 3.05) is 13.7 Å². The Morgan fingerprint density at radius 1 is 0.758 bits per heavy atom. The smallest absolute Gasteiger partial charge is 0.305 e. The van der Waals surface area contributed by atoms with Crippen molar-refractivity contribution in [1.82, 2.24) is 0 Å². The molecule has 0 spiro atoms. The SMILES string of the molecule is CCCCCCOC(=O)CCCC(C)(C)C1=CC(=O)C(C(C)(C)CCCC(=O)OC)=CC1=O. The zero-order valence-corrected chi connectivity index (χ0v) is 21.4. The summed E-state index contributed by atoms with van der Waals surface area (Å²) in [5.74, 6) is -0.810. The van der Waals surface area contributed by atoms with E-state index in [-0.39, 0.29) is 29.9 Å². The standard InChI is InChI=1S/C27H42O6/c1-7-8-9-10-17-33-25(31)14-12-16-27(4,5)21-19-22(28)20(18-23(21)29)26(2,3)15-11-13-24(30)32-6/h18-19H,7-17H2,1-6H3. The number of esters is 2. The summed E-state index contributed by atoms with van der Waals surface area (Å²) in [6.07, 6.45) is 10.1. The highest BCUT2D eigenvalue weighted by Crippen LogP contribution is 2.40. The number of hydrogen-bond acceptors (Lipinski definition) is 6. The third kappa shape index (κ3) is 9.65. The van der Waals surface area contributed by atoms with Gasteiger partial charge in [0.2, 0.25) is 0 Å². The Morgan fingerprint density at radius 3 is 1.70 bits per heavy atom. The lowest BCUT2D eigenvalue weighted by atomic mass is 9.70. The molecule has 0 heterocycles. The summed E-state index contributed by atoms with van der Waals surface area (Å²) in [4.78, 5) is 49.2. The molecule has 0 saturated heterocycles. The summed E-state index contributed by atoms with van der Waals surface area (Å²) < 4.78 is 9.95. The number of methoxy groups -OCH3 is 1. The van der Waals surface area contributed by atoms with Gasteiger partial charge in [-0.15, -0.1) is 0 Å². The third-order valence-electron chi connectivity index (χ3n) is 6.39. The van der Waals surface area contributed by atoms with E-state index in [4.69, 9.17) is 4.74 Å². The molecule has 6 heteroatoms. The lowest BCUT2D eigenvalue weighted by Gasteiger charge is -2.32. The average Bonchev–Trinajstić information content (AvgIpc) is 2.74. The van der Waals surface area contributed by atoms with Gasteiger partial charge in [0.15, 0.2) is 11.6 Å². The monoisotopic (exact) mass is 462 g/mol. The Bertz CT molecular complexity index is 769. The minimum absolute atomic E-state index is 0.158. The molecule has 0 saturated carbocycles. The molecule has 33 heavy (non-hydrogen) atoms. The Kier molecular flexibility index (Phi) is 11.7. The largest absolute Gasteiger partial charge is 0.469 e. The van der Waals surface area contributed by atoms with Crippen LogP contribution in [0.3, 0.4) is 0 Å². The number of ether oxygens (including phenoxy) is 2. The zero-order valence-electron chi connectivity index (χ0n) is 21.4. The highest BCUT2D eigenvalue weighted by atomic mass is 16.5. The quantitative estimate of drug-likeness (QED) is 0.177. The fourth-order valence-corrected chi connectivity index (χ4v) is 4.13. The van der Waals surface area contributed by atoms with Crippen LogP contribution in [0.5, 0.6) is 0 Å². The Morgan fingerprint density at radius 2 is 1.24 bits per heavy atom. The molecule has 0 N–H and O–H groups in total. The second kappa shape index (κ2) is 13.5. The van der Waals surface area contributed by atoms with Gasteiger partial charge in [-0.25, -0.2) is 0 Å². The van der Waals surface area contributed by atoms with Crippen molar-refractivity contribution in [2.45, 2.75) is 98.8 Å². The van der Waals surface area contributed by atoms with Crippen molar-refractivity contribution in [2.24, 2.45) is 10.8 Å². The van der Waals surface area contributed by atoms with Gasteiger partial charge in [-0.05, 0) is 55.1 Å². The number of rotatable bonds is 15. The zero-order chi connectivity index (χ0) is 25.1. The summed E-state index contributed by atoms with van der Waals surface area (Å²) in [7, 11) is 1.35. The number of carbonyl (C=O) groups is 4. The van der Waals surface area contributed by atoms with E-state index in [0.29, 0.717) is 49.9 Å². The maximum atomic E-state index is 12.9. The first kappa shape index (κ1) is 28.8. The first-order chi connectivity index (χ1) is 15.4. The second-order valence-corrected chi connectivity index (χ2v) is 10.2. The maximum absolute atomic E-state index is 12.9. The van der Waals surface area contributed by atoms with Gasteiger partial charge in [0.1, 0.15) is 0 Å². The molecular weight excluding hydrogens is 420 g/mol. The number of carbonyl (C=O) groups excluding carboxylic acids is 4. The van der Waals surface area contributed by atoms with Gasteiger partial charge in [0.25, 0.3) is 0 Å². The van der Waals surface area contributed by atoms with Crippen molar-refractivity contribution < 1.29 is 28.7 Å². The molecule has 0 amide bonds. The molecule has 1 aliphatic carbocycles. The lowest BCUT2D eigenvalue weighted by Crippen LogP contribution is -2.30. The highest BCUT2D eigenvalue weighted by Gasteiger charge is 2.36. The fraction of sp³-hybridized carbons (Fsp3) is 0.704. The van der Waals surface area contributed by atoms with E-state index < -0.39 is 10.8 Å². The van der Waals surface area contributed by atoms with Crippen molar-refractivity contribution in [3.8, 4) is 0 Å². The van der Waals surface area contributed by atoms with E-state index in [0.717, 1.165) is 25.7 Å². The maximum Gasteiger partial charge on any atom is 0.305 e. The molecular formula is C27H42O6. The van der Waals surface area contributed by atoms with Crippen LogP contribution in [0.15, 0.2) is 23.3 Å². The summed E-state index contributed by atoms with van der Waals surface area (Å²) in [6, 6.07) is 0. The molecule has 6 nitrogen and oxygen atoms in total. The van der Waals surface area contributed by atoms with Crippen LogP contribution < -0.4 is 0 Å². The predicted octanol–water partition coefficient (Wildman–Crippen LogP) is 5.68. The van der Waals surface area contributed by atoms with E-state index in [1.807, 2.05) is 27.7 Å². The molecule has 0 fully saturated rings. The van der Waals surface area contributed by atoms with E-state index >= 15 is 0 Å². The molecule has 0 radical (unpaired) electrons. The topological polar surface area (TPSA) is 86.7 Å². The Hall–Kier alpha value is -2.24. The van der Waals surface area contributed by atoms with Crippen LogP contribution in [0, 0.1) is 10.8 Å². The van der Waals surface area contributed by atoms with Crippen molar-refractivity contribution in [1.29, 1.82) is 0 Å². The summed E-state index contributed by atoms with van der Waals surface area (Å²) in [5, 5.41) is 0. The molecule has 0 aromatic carbocycles. The first-order valence-corrected chi connectivity index (χ1v) is 12.2. The first-order valence-electron chi connectivity index (χ1n) is 12.2. The average molecular weight is 463 g/mol. The van der Waals surface area contributed by atoms with E-state index in [9.17, 15) is 19.2 Å². The van der Waals surface area contributed by atoms with Crippen molar-refractivity contribution in [3.63, 3.8) is 0 Å². The van der Waals surface area contributed by atoms with Gasteiger partial charge in [0.05, 0.1) is 13.7 Å². The highest BCUT2D eigenvalue weighted by molar-refractivity contribution is 6.20. The molecule has 1 aliphatic rings. The summed E-state index contributed by atoms with van der Waals surface area (Å²) in [5.41, 5.74) is -0.0860. The van der Waals surface area contributed by atoms with Crippen LogP contribution in [-0.4, -0.2) is 37.2 Å². The number of allylic oxidation sites excluding steroid dienone is 4. The van der Waals surface area contributed by atoms with Crippen LogP contribution in [0.2, 0.25) is 0 Å². The second-order valence-electron chi connectivity index (χ2n) is 10.2. The van der Waals surface area contributed by atoms with Gasteiger partial charge in [0, 0.05) is 24.0 Å². The molecule has 0 unspecified atom stereocenters. The predicted molar refractivity (Wildman–Crippen MR) is 129 cm³/mol. The van der Waals surface area contributed by atoms with Crippen LogP contribution >= 0.6 is 0 Å². The van der Waals surface area contributed by atoms with Crippen LogP contribution in [-0.2, 0) is 28.7 Å². The van der Waals surface area contributed by atoms with Crippen molar-refractivity contribution >= 4 is 23.5 Å². The normalized spacial score (nSPS) is 14.6. The molecule has 0 aromatic heterocycles. The molecule has 0 bridgehead atoms. The summed E-state index contributed by atoms with van der Waals surface area (Å²) >= 11 is 0. The fourth-order valence-electron chi connectivity index (χ4n) is 4.13. The molecule has 0 aliphatic heterocycles. The molecule has 0 atom stereocenters. The van der Waals surface area contributed by atoms with E-state index in [1.54, 1.807) is 0 Å². The molecule has 1 rings (SSSR count). The number of hydrogen-bond donors (Lipinski definition) is 0. The van der Waals surface area contributed by atoms with Crippen LogP contribution in [0.4, 0.5) is 0 Å². The van der Waals surface area contributed by atoms with Gasteiger partial charge >= 0.3 is 11.9 Å². The lowest BCUT2D eigenvalue weighted by molar-refractivity contribution is -0.144. The minimum atomic E-state index is -0.523. The number of ketones is 2. The Labute approximate surface area is 199 Å². The van der Waals surface area contributed by atoms with Gasteiger partial charge in [-0.1, -0.05) is 53.9 Å². The molecule has 0 aromatic rings. The van der Waals surface area contributed by atoms with Gasteiger partial charge in [-0.2, -0.15) is 0 Å². The summed E-state index contributed by atoms with van der Waals surface area (Å²) in [6.45, 7) is 10.3.